The Labute approximate surface area is 160 Å². The second-order valence-electron chi connectivity index (χ2n) is 9.80. The van der Waals surface area contributed by atoms with Crippen LogP contribution in [-0.4, -0.2) is 72.5 Å². The van der Waals surface area contributed by atoms with Gasteiger partial charge in [-0.15, -0.1) is 0 Å². The molecule has 0 N–H and O–H groups in total. The molecule has 3 heterocycles. The molecule has 0 aromatic carbocycles. The van der Waals surface area contributed by atoms with Gasteiger partial charge in [0.05, 0.1) is 0 Å². The highest BCUT2D eigenvalue weighted by Crippen LogP contribution is 2.41. The summed E-state index contributed by atoms with van der Waals surface area (Å²) in [6.45, 7) is 10.3. The standard InChI is InChI=1S/C22H39N3O/c1-19(26)24-13-8-21(9-14-24)25-15-11-22(18-25)10-5-12-23(17-22)16-20-6-3-2-4-7-20/h20-21H,2-18H2,1H3. The molecule has 3 aliphatic heterocycles. The van der Waals surface area contributed by atoms with Crippen molar-refractivity contribution in [3.63, 3.8) is 0 Å². The Bertz CT molecular complexity index is 482. The maximum atomic E-state index is 11.6. The predicted molar refractivity (Wildman–Crippen MR) is 106 cm³/mol. The van der Waals surface area contributed by atoms with Crippen molar-refractivity contribution in [2.24, 2.45) is 11.3 Å². The van der Waals surface area contributed by atoms with Crippen molar-refractivity contribution in [1.29, 1.82) is 0 Å². The summed E-state index contributed by atoms with van der Waals surface area (Å²) in [6.07, 6.45) is 14.0. The van der Waals surface area contributed by atoms with E-state index in [2.05, 4.69) is 9.80 Å². The first-order valence-corrected chi connectivity index (χ1v) is 11.4. The van der Waals surface area contributed by atoms with Crippen molar-refractivity contribution in [3.8, 4) is 0 Å². The molecule has 1 unspecified atom stereocenters. The van der Waals surface area contributed by atoms with E-state index in [0.29, 0.717) is 5.41 Å². The Morgan fingerprint density at radius 3 is 2.38 bits per heavy atom. The van der Waals surface area contributed by atoms with Gasteiger partial charge in [-0.1, -0.05) is 19.3 Å². The van der Waals surface area contributed by atoms with Crippen LogP contribution in [0.4, 0.5) is 0 Å². The van der Waals surface area contributed by atoms with Crippen LogP contribution in [0.1, 0.15) is 71.1 Å². The second kappa shape index (κ2) is 8.18. The molecule has 4 fully saturated rings. The van der Waals surface area contributed by atoms with E-state index in [1.54, 1.807) is 6.92 Å². The van der Waals surface area contributed by atoms with Gasteiger partial charge in [-0.25, -0.2) is 0 Å². The third-order valence-electron chi connectivity index (χ3n) is 7.88. The summed E-state index contributed by atoms with van der Waals surface area (Å²) < 4.78 is 0. The fourth-order valence-electron chi connectivity index (χ4n) is 6.36. The molecule has 26 heavy (non-hydrogen) atoms. The monoisotopic (exact) mass is 361 g/mol. The molecule has 0 bridgehead atoms. The fourth-order valence-corrected chi connectivity index (χ4v) is 6.36. The van der Waals surface area contributed by atoms with Crippen molar-refractivity contribution in [1.82, 2.24) is 14.7 Å². The number of likely N-dealkylation sites (tertiary alicyclic amines) is 3. The number of nitrogens with zero attached hydrogens (tertiary/aromatic N) is 3. The molecule has 0 radical (unpaired) electrons. The minimum atomic E-state index is 0.256. The van der Waals surface area contributed by atoms with Crippen LogP contribution in [0, 0.1) is 11.3 Å². The first-order chi connectivity index (χ1) is 12.6. The average Bonchev–Trinajstić information content (AvgIpc) is 3.06. The Morgan fingerprint density at radius 1 is 0.885 bits per heavy atom. The van der Waals surface area contributed by atoms with Crippen LogP contribution in [0.25, 0.3) is 0 Å². The Hall–Kier alpha value is -0.610. The number of hydrogen-bond donors (Lipinski definition) is 0. The van der Waals surface area contributed by atoms with Gasteiger partial charge >= 0.3 is 0 Å². The molecule has 1 saturated carbocycles. The largest absolute Gasteiger partial charge is 0.343 e. The SMILES string of the molecule is CC(=O)N1CCC(N2CCC3(CCCN(CC4CCCCC4)C3)C2)CC1. The third kappa shape index (κ3) is 4.27. The van der Waals surface area contributed by atoms with Crippen LogP contribution in [-0.2, 0) is 4.79 Å². The van der Waals surface area contributed by atoms with E-state index in [0.717, 1.165) is 25.0 Å². The first-order valence-electron chi connectivity index (χ1n) is 11.4. The van der Waals surface area contributed by atoms with E-state index in [1.165, 1.54) is 96.9 Å². The normalized spacial score (nSPS) is 33.2. The molecular weight excluding hydrogens is 322 g/mol. The number of amides is 1. The highest BCUT2D eigenvalue weighted by molar-refractivity contribution is 5.73. The van der Waals surface area contributed by atoms with E-state index in [4.69, 9.17) is 0 Å². The molecule has 4 rings (SSSR count). The molecule has 0 aromatic rings. The Balaban J connectivity index is 1.28. The number of piperidine rings is 2. The van der Waals surface area contributed by atoms with Crippen molar-refractivity contribution < 1.29 is 4.79 Å². The molecule has 4 heteroatoms. The van der Waals surface area contributed by atoms with Crippen molar-refractivity contribution in [2.45, 2.75) is 77.2 Å². The highest BCUT2D eigenvalue weighted by atomic mass is 16.2. The van der Waals surface area contributed by atoms with Gasteiger partial charge in [-0.3, -0.25) is 9.69 Å². The zero-order chi connectivity index (χ0) is 18.0. The van der Waals surface area contributed by atoms with Gasteiger partial charge in [0.1, 0.15) is 0 Å². The smallest absolute Gasteiger partial charge is 0.219 e. The van der Waals surface area contributed by atoms with Gasteiger partial charge in [0.15, 0.2) is 0 Å². The molecule has 1 atom stereocenters. The van der Waals surface area contributed by atoms with Crippen LogP contribution >= 0.6 is 0 Å². The summed E-state index contributed by atoms with van der Waals surface area (Å²) in [6, 6.07) is 0.721. The second-order valence-corrected chi connectivity index (χ2v) is 9.80. The van der Waals surface area contributed by atoms with E-state index in [-0.39, 0.29) is 5.91 Å². The van der Waals surface area contributed by atoms with Crippen molar-refractivity contribution in [2.75, 3.05) is 45.8 Å². The lowest BCUT2D eigenvalue weighted by atomic mass is 9.78. The molecule has 1 spiro atoms. The summed E-state index contributed by atoms with van der Waals surface area (Å²) in [7, 11) is 0. The van der Waals surface area contributed by atoms with Crippen molar-refractivity contribution in [3.05, 3.63) is 0 Å². The molecule has 148 valence electrons. The van der Waals surface area contributed by atoms with Gasteiger partial charge in [0, 0.05) is 45.7 Å². The summed E-state index contributed by atoms with van der Waals surface area (Å²) in [4.78, 5) is 19.2. The van der Waals surface area contributed by atoms with Crippen LogP contribution < -0.4 is 0 Å². The van der Waals surface area contributed by atoms with Gasteiger partial charge in [0.25, 0.3) is 0 Å². The summed E-state index contributed by atoms with van der Waals surface area (Å²) in [5, 5.41) is 0. The van der Waals surface area contributed by atoms with Crippen LogP contribution in [0.5, 0.6) is 0 Å². The zero-order valence-electron chi connectivity index (χ0n) is 16.9. The third-order valence-corrected chi connectivity index (χ3v) is 7.88. The minimum Gasteiger partial charge on any atom is -0.343 e. The van der Waals surface area contributed by atoms with E-state index in [1.807, 2.05) is 4.90 Å². The van der Waals surface area contributed by atoms with Crippen LogP contribution in [0.15, 0.2) is 0 Å². The minimum absolute atomic E-state index is 0.256. The molecule has 3 saturated heterocycles. The quantitative estimate of drug-likeness (QED) is 0.771. The van der Waals surface area contributed by atoms with Crippen molar-refractivity contribution >= 4 is 5.91 Å². The number of rotatable bonds is 3. The molecule has 1 aliphatic carbocycles. The van der Waals surface area contributed by atoms with Gasteiger partial charge in [-0.2, -0.15) is 0 Å². The summed E-state index contributed by atoms with van der Waals surface area (Å²) >= 11 is 0. The van der Waals surface area contributed by atoms with Gasteiger partial charge in [0.2, 0.25) is 5.91 Å². The van der Waals surface area contributed by atoms with E-state index < -0.39 is 0 Å². The Kier molecular flexibility index (Phi) is 5.90. The number of carbonyl (C=O) groups is 1. The lowest BCUT2D eigenvalue weighted by molar-refractivity contribution is -0.130. The maximum absolute atomic E-state index is 11.6. The van der Waals surface area contributed by atoms with Gasteiger partial charge in [-0.05, 0) is 69.4 Å². The highest BCUT2D eigenvalue weighted by Gasteiger charge is 2.43. The lowest BCUT2D eigenvalue weighted by Gasteiger charge is -2.43. The van der Waals surface area contributed by atoms with E-state index in [9.17, 15) is 4.79 Å². The predicted octanol–water partition coefficient (Wildman–Crippen LogP) is 3.37. The summed E-state index contributed by atoms with van der Waals surface area (Å²) in [5.74, 6) is 1.24. The maximum Gasteiger partial charge on any atom is 0.219 e. The van der Waals surface area contributed by atoms with E-state index >= 15 is 0 Å². The van der Waals surface area contributed by atoms with Gasteiger partial charge < -0.3 is 9.80 Å². The lowest BCUT2D eigenvalue weighted by Crippen LogP contribution is -2.49. The van der Waals surface area contributed by atoms with Crippen LogP contribution in [0.3, 0.4) is 0 Å². The zero-order valence-corrected chi connectivity index (χ0v) is 16.9. The average molecular weight is 362 g/mol. The molecule has 4 aliphatic rings. The summed E-state index contributed by atoms with van der Waals surface area (Å²) in [5.41, 5.74) is 0.574. The van der Waals surface area contributed by atoms with Crippen LogP contribution in [0.2, 0.25) is 0 Å². The number of carbonyl (C=O) groups excluding carboxylic acids is 1. The molecule has 0 aromatic heterocycles. The topological polar surface area (TPSA) is 26.8 Å². The molecular formula is C22H39N3O. The fraction of sp³-hybridized carbons (Fsp3) is 0.955. The number of hydrogen-bond acceptors (Lipinski definition) is 3. The Morgan fingerprint density at radius 2 is 1.65 bits per heavy atom. The molecule has 1 amide bonds. The molecule has 4 nitrogen and oxygen atoms in total. The first kappa shape index (κ1) is 18.7.